The number of aromatic nitrogens is 3. The van der Waals surface area contributed by atoms with Crippen molar-refractivity contribution >= 4 is 5.52 Å². The van der Waals surface area contributed by atoms with Gasteiger partial charge in [0.15, 0.2) is 0 Å². The van der Waals surface area contributed by atoms with Crippen LogP contribution in [-0.4, -0.2) is 10.1 Å². The molecule has 0 amide bonds. The van der Waals surface area contributed by atoms with E-state index in [2.05, 4.69) is 4.98 Å². The third kappa shape index (κ3) is 2.31. The zero-order valence-corrected chi connectivity index (χ0v) is 14.3. The zero-order chi connectivity index (χ0) is 16.8. The minimum absolute atomic E-state index is 0.125. The molecule has 0 unspecified atom stereocenters. The zero-order valence-electron chi connectivity index (χ0n) is 14.3. The summed E-state index contributed by atoms with van der Waals surface area (Å²) in [6.07, 6.45) is 9.02. The van der Waals surface area contributed by atoms with Gasteiger partial charge in [0.2, 0.25) is 11.5 Å². The Bertz CT molecular complexity index is 966. The molecule has 126 valence electrons. The van der Waals surface area contributed by atoms with Crippen molar-refractivity contribution in [2.24, 2.45) is 0 Å². The maximum absolute atomic E-state index is 13.0. The SMILES string of the molecule is [O-]c1nc(-c2ccccc2)n[n+]2c3c(c4c(c12)CCCC4)CCCC3. The topological polar surface area (TPSA) is 52.9 Å². The fourth-order valence-corrected chi connectivity index (χ4v) is 4.52. The summed E-state index contributed by atoms with van der Waals surface area (Å²) in [7, 11) is 0. The van der Waals surface area contributed by atoms with Gasteiger partial charge in [0.25, 0.3) is 5.52 Å². The summed E-state index contributed by atoms with van der Waals surface area (Å²) >= 11 is 0. The highest BCUT2D eigenvalue weighted by Crippen LogP contribution is 2.33. The number of pyridine rings is 1. The van der Waals surface area contributed by atoms with Gasteiger partial charge in [0.1, 0.15) is 0 Å². The van der Waals surface area contributed by atoms with Gasteiger partial charge in [-0.05, 0) is 55.0 Å². The Balaban J connectivity index is 1.85. The number of hydrogen-bond acceptors (Lipinski definition) is 3. The van der Waals surface area contributed by atoms with Crippen LogP contribution in [0.3, 0.4) is 0 Å². The molecular weight excluding hydrogens is 310 g/mol. The van der Waals surface area contributed by atoms with Gasteiger partial charge in [-0.2, -0.15) is 0 Å². The van der Waals surface area contributed by atoms with E-state index >= 15 is 0 Å². The van der Waals surface area contributed by atoms with Crippen molar-refractivity contribution in [3.05, 3.63) is 52.7 Å². The molecule has 5 rings (SSSR count). The fraction of sp³-hybridized carbons (Fsp3) is 0.381. The first-order valence-electron chi connectivity index (χ1n) is 9.35. The maximum atomic E-state index is 13.0. The Morgan fingerprint density at radius 1 is 0.800 bits per heavy atom. The van der Waals surface area contributed by atoms with E-state index in [9.17, 15) is 5.11 Å². The summed E-state index contributed by atoms with van der Waals surface area (Å²) in [5.41, 5.74) is 7.01. The monoisotopic (exact) mass is 331 g/mol. The molecule has 0 atom stereocenters. The number of hydrogen-bond donors (Lipinski definition) is 0. The van der Waals surface area contributed by atoms with Gasteiger partial charge >= 0.3 is 0 Å². The third-order valence-electron chi connectivity index (χ3n) is 5.66. The van der Waals surface area contributed by atoms with Gasteiger partial charge in [-0.3, -0.25) is 0 Å². The molecule has 0 spiro atoms. The van der Waals surface area contributed by atoms with E-state index in [1.54, 1.807) is 0 Å². The van der Waals surface area contributed by atoms with Crippen molar-refractivity contribution in [2.75, 3.05) is 0 Å². The number of aryl methyl sites for hydroxylation is 2. The quantitative estimate of drug-likeness (QED) is 0.644. The molecule has 0 fully saturated rings. The highest BCUT2D eigenvalue weighted by atomic mass is 16.3. The Labute approximate surface area is 147 Å². The highest BCUT2D eigenvalue weighted by Gasteiger charge is 2.31. The van der Waals surface area contributed by atoms with Crippen molar-refractivity contribution in [1.82, 2.24) is 10.1 Å². The molecule has 2 aliphatic carbocycles. The lowest BCUT2D eigenvalue weighted by atomic mass is 9.83. The molecule has 0 saturated heterocycles. The van der Waals surface area contributed by atoms with E-state index in [4.69, 9.17) is 5.10 Å². The van der Waals surface area contributed by atoms with E-state index in [0.717, 1.165) is 43.2 Å². The minimum Gasteiger partial charge on any atom is -0.854 e. The lowest BCUT2D eigenvalue weighted by Crippen LogP contribution is -2.39. The van der Waals surface area contributed by atoms with Gasteiger partial charge < -0.3 is 5.11 Å². The summed E-state index contributed by atoms with van der Waals surface area (Å²) in [5, 5.41) is 17.8. The molecule has 0 aliphatic heterocycles. The summed E-state index contributed by atoms with van der Waals surface area (Å²) < 4.78 is 1.95. The smallest absolute Gasteiger partial charge is 0.252 e. The number of nitrogens with zero attached hydrogens (tertiary/aromatic N) is 3. The van der Waals surface area contributed by atoms with Crippen LogP contribution < -0.4 is 9.62 Å². The number of benzene rings is 1. The normalized spacial score (nSPS) is 16.5. The van der Waals surface area contributed by atoms with Crippen LogP contribution in [0.4, 0.5) is 0 Å². The van der Waals surface area contributed by atoms with Crippen LogP contribution in [0, 0.1) is 0 Å². The van der Waals surface area contributed by atoms with Crippen LogP contribution in [0.1, 0.15) is 48.1 Å². The van der Waals surface area contributed by atoms with Crippen LogP contribution in [0.5, 0.6) is 5.88 Å². The minimum atomic E-state index is -0.125. The average Bonchev–Trinajstić information content (AvgIpc) is 2.68. The maximum Gasteiger partial charge on any atom is 0.252 e. The molecule has 4 nitrogen and oxygen atoms in total. The molecule has 0 saturated carbocycles. The molecule has 2 heterocycles. The standard InChI is InChI=1S/C21H21N3O/c25-21-19-17-12-5-4-10-15(17)16-11-6-7-13-18(16)24(19)23-20(22-21)14-8-2-1-3-9-14/h1-3,8-9H,4-7,10-13H2. The van der Waals surface area contributed by atoms with E-state index in [1.165, 1.54) is 41.6 Å². The Morgan fingerprint density at radius 3 is 2.28 bits per heavy atom. The molecule has 25 heavy (non-hydrogen) atoms. The third-order valence-corrected chi connectivity index (χ3v) is 5.66. The highest BCUT2D eigenvalue weighted by molar-refractivity contribution is 5.64. The summed E-state index contributed by atoms with van der Waals surface area (Å²) in [6.45, 7) is 0. The number of fused-ring (bicyclic) bond motifs is 6. The molecule has 4 heteroatoms. The summed E-state index contributed by atoms with van der Waals surface area (Å²) in [5.74, 6) is 0.409. The van der Waals surface area contributed by atoms with E-state index in [-0.39, 0.29) is 5.88 Å². The van der Waals surface area contributed by atoms with Crippen molar-refractivity contribution in [3.8, 4) is 17.3 Å². The average molecular weight is 331 g/mol. The molecule has 3 aromatic rings. The fourth-order valence-electron chi connectivity index (χ4n) is 4.52. The molecule has 0 N–H and O–H groups in total. The summed E-state index contributed by atoms with van der Waals surface area (Å²) in [6, 6.07) is 9.81. The predicted octanol–water partition coefficient (Wildman–Crippen LogP) is 2.71. The lowest BCUT2D eigenvalue weighted by Gasteiger charge is -2.24. The molecule has 2 aromatic heterocycles. The second-order valence-electron chi connectivity index (χ2n) is 7.16. The predicted molar refractivity (Wildman–Crippen MR) is 93.4 cm³/mol. The van der Waals surface area contributed by atoms with E-state index in [0.29, 0.717) is 5.82 Å². The molecule has 1 aromatic carbocycles. The summed E-state index contributed by atoms with van der Waals surface area (Å²) in [4.78, 5) is 4.34. The van der Waals surface area contributed by atoms with Crippen molar-refractivity contribution in [1.29, 1.82) is 0 Å². The first-order valence-corrected chi connectivity index (χ1v) is 9.35. The Hall–Kier alpha value is -2.49. The van der Waals surface area contributed by atoms with Crippen molar-refractivity contribution < 1.29 is 9.62 Å². The molecular formula is C21H21N3O. The molecule has 2 aliphatic rings. The lowest BCUT2D eigenvalue weighted by molar-refractivity contribution is -0.593. The largest absolute Gasteiger partial charge is 0.854 e. The van der Waals surface area contributed by atoms with E-state index in [1.807, 2.05) is 34.8 Å². The van der Waals surface area contributed by atoms with Crippen LogP contribution in [-0.2, 0) is 25.7 Å². The van der Waals surface area contributed by atoms with Gasteiger partial charge in [0, 0.05) is 28.2 Å². The van der Waals surface area contributed by atoms with Crippen molar-refractivity contribution in [3.63, 3.8) is 0 Å². The number of rotatable bonds is 1. The van der Waals surface area contributed by atoms with E-state index < -0.39 is 0 Å². The first-order chi connectivity index (χ1) is 12.3. The van der Waals surface area contributed by atoms with Gasteiger partial charge in [-0.1, -0.05) is 30.3 Å². The molecule has 0 radical (unpaired) electrons. The van der Waals surface area contributed by atoms with Crippen molar-refractivity contribution in [2.45, 2.75) is 51.4 Å². The molecule has 0 bridgehead atoms. The van der Waals surface area contributed by atoms with Gasteiger partial charge in [-0.15, -0.1) is 0 Å². The Morgan fingerprint density at radius 2 is 1.48 bits per heavy atom. The first kappa shape index (κ1) is 14.8. The van der Waals surface area contributed by atoms with Gasteiger partial charge in [-0.25, -0.2) is 4.98 Å². The van der Waals surface area contributed by atoms with Crippen LogP contribution in [0.25, 0.3) is 16.9 Å². The van der Waals surface area contributed by atoms with Gasteiger partial charge in [0.05, 0.1) is 5.88 Å². The second-order valence-corrected chi connectivity index (χ2v) is 7.16. The van der Waals surface area contributed by atoms with Crippen LogP contribution >= 0.6 is 0 Å². The second kappa shape index (κ2) is 5.80. The Kier molecular flexibility index (Phi) is 3.44. The van der Waals surface area contributed by atoms with Crippen LogP contribution in [0.2, 0.25) is 0 Å². The van der Waals surface area contributed by atoms with Crippen LogP contribution in [0.15, 0.2) is 30.3 Å².